The highest BCUT2D eigenvalue weighted by Crippen LogP contribution is 2.34. The van der Waals surface area contributed by atoms with Crippen molar-refractivity contribution in [1.29, 1.82) is 0 Å². The maximum absolute atomic E-state index is 12.2. The summed E-state index contributed by atoms with van der Waals surface area (Å²) in [6, 6.07) is 4.16. The molecule has 0 aromatic heterocycles. The summed E-state index contributed by atoms with van der Waals surface area (Å²) < 4.78 is 40.6. The van der Waals surface area contributed by atoms with Gasteiger partial charge in [0.15, 0.2) is 0 Å². The van der Waals surface area contributed by atoms with Crippen molar-refractivity contribution in [3.05, 3.63) is 22.7 Å². The van der Waals surface area contributed by atoms with Gasteiger partial charge in [-0.3, -0.25) is 0 Å². The first-order valence-corrected chi connectivity index (χ1v) is 7.54. The topological polar surface area (TPSA) is 47.6 Å². The van der Waals surface area contributed by atoms with Gasteiger partial charge in [0.25, 0.3) is 0 Å². The average Bonchev–Trinajstić information content (AvgIpc) is 2.41. The Labute approximate surface area is 129 Å². The maximum Gasteiger partial charge on any atom is 0.573 e. The van der Waals surface area contributed by atoms with E-state index in [1.807, 2.05) is 0 Å². The third kappa shape index (κ3) is 4.91. The summed E-state index contributed by atoms with van der Waals surface area (Å²) >= 11 is 3.05. The second-order valence-corrected chi connectivity index (χ2v) is 5.89. The number of hydrogen-bond acceptors (Lipinski definition) is 2. The van der Waals surface area contributed by atoms with Crippen LogP contribution in [0.5, 0.6) is 5.75 Å². The van der Waals surface area contributed by atoms with Gasteiger partial charge in [-0.1, -0.05) is 19.3 Å². The molecule has 1 aromatic rings. The fraction of sp³-hybridized carbons (Fsp3) is 0.500. The smallest absolute Gasteiger partial charge is 0.405 e. The van der Waals surface area contributed by atoms with Gasteiger partial charge in [-0.25, -0.2) is 4.99 Å². The molecule has 0 heterocycles. The zero-order valence-electron chi connectivity index (χ0n) is 11.3. The lowest BCUT2D eigenvalue weighted by Crippen LogP contribution is -2.25. The second-order valence-electron chi connectivity index (χ2n) is 5.03. The zero-order valence-corrected chi connectivity index (χ0v) is 12.9. The predicted molar refractivity (Wildman–Crippen MR) is 78.7 cm³/mol. The van der Waals surface area contributed by atoms with Gasteiger partial charge in [0.2, 0.25) is 0 Å². The van der Waals surface area contributed by atoms with Crippen molar-refractivity contribution in [3.8, 4) is 5.75 Å². The Morgan fingerprint density at radius 2 is 1.90 bits per heavy atom. The number of hydrogen-bond donors (Lipinski definition) is 1. The number of amidine groups is 1. The predicted octanol–water partition coefficient (Wildman–Crippen LogP) is 4.92. The standard InChI is InChI=1S/C14H16BrF3N2O/c15-11-8-10(6-7-12(11)21-14(16,17)18)20-13(19)9-4-2-1-3-5-9/h6-9H,1-5H2,(H2,19,20). The van der Waals surface area contributed by atoms with Crippen molar-refractivity contribution in [2.45, 2.75) is 38.5 Å². The Balaban J connectivity index is 2.12. The Kier molecular flexibility index (Phi) is 5.13. The van der Waals surface area contributed by atoms with Gasteiger partial charge in [-0.2, -0.15) is 0 Å². The molecule has 0 bridgehead atoms. The van der Waals surface area contributed by atoms with Crippen LogP contribution in [0.3, 0.4) is 0 Å². The van der Waals surface area contributed by atoms with Gasteiger partial charge in [0.05, 0.1) is 10.2 Å². The molecule has 0 aliphatic heterocycles. The van der Waals surface area contributed by atoms with Gasteiger partial charge in [-0.05, 0) is 47.0 Å². The Bertz CT molecular complexity index is 525. The largest absolute Gasteiger partial charge is 0.573 e. The van der Waals surface area contributed by atoms with Gasteiger partial charge < -0.3 is 10.5 Å². The molecule has 0 unspecified atom stereocenters. The molecule has 0 saturated heterocycles. The fourth-order valence-corrected chi connectivity index (χ4v) is 2.85. The Morgan fingerprint density at radius 1 is 1.24 bits per heavy atom. The summed E-state index contributed by atoms with van der Waals surface area (Å²) in [5, 5.41) is 0. The fourth-order valence-electron chi connectivity index (χ4n) is 2.41. The summed E-state index contributed by atoms with van der Waals surface area (Å²) in [7, 11) is 0. The van der Waals surface area contributed by atoms with Crippen LogP contribution in [0.15, 0.2) is 27.7 Å². The normalized spacial score (nSPS) is 17.8. The van der Waals surface area contributed by atoms with Crippen LogP contribution in [0.1, 0.15) is 32.1 Å². The van der Waals surface area contributed by atoms with Crippen LogP contribution in [0.25, 0.3) is 0 Å². The summed E-state index contributed by atoms with van der Waals surface area (Å²) in [4.78, 5) is 4.31. The Morgan fingerprint density at radius 3 is 2.48 bits per heavy atom. The first kappa shape index (κ1) is 16.1. The van der Waals surface area contributed by atoms with Gasteiger partial charge >= 0.3 is 6.36 Å². The van der Waals surface area contributed by atoms with E-state index in [4.69, 9.17) is 5.73 Å². The molecule has 2 rings (SSSR count). The molecule has 1 aliphatic rings. The van der Waals surface area contributed by atoms with E-state index in [1.165, 1.54) is 24.6 Å². The maximum atomic E-state index is 12.2. The number of benzene rings is 1. The molecular formula is C14H16BrF3N2O. The van der Waals surface area contributed by atoms with Crippen molar-refractivity contribution >= 4 is 27.5 Å². The molecule has 116 valence electrons. The number of halogens is 4. The van der Waals surface area contributed by atoms with Crippen LogP contribution in [-0.2, 0) is 0 Å². The highest BCUT2D eigenvalue weighted by molar-refractivity contribution is 9.10. The summed E-state index contributed by atoms with van der Waals surface area (Å²) in [6.45, 7) is 0. The number of aliphatic imine (C=N–C) groups is 1. The van der Waals surface area contributed by atoms with Crippen LogP contribution in [-0.4, -0.2) is 12.2 Å². The summed E-state index contributed by atoms with van der Waals surface area (Å²) in [5.41, 5.74) is 6.51. The van der Waals surface area contributed by atoms with Crippen LogP contribution in [0.4, 0.5) is 18.9 Å². The van der Waals surface area contributed by atoms with Gasteiger partial charge in [0, 0.05) is 5.92 Å². The van der Waals surface area contributed by atoms with E-state index < -0.39 is 6.36 Å². The van der Waals surface area contributed by atoms with E-state index >= 15 is 0 Å². The lowest BCUT2D eigenvalue weighted by molar-refractivity contribution is -0.274. The van der Waals surface area contributed by atoms with Gasteiger partial charge in [0.1, 0.15) is 11.6 Å². The molecule has 7 heteroatoms. The van der Waals surface area contributed by atoms with Crippen LogP contribution < -0.4 is 10.5 Å². The van der Waals surface area contributed by atoms with Crippen molar-refractivity contribution in [2.75, 3.05) is 0 Å². The number of alkyl halides is 3. The zero-order chi connectivity index (χ0) is 15.5. The van der Waals surface area contributed by atoms with Crippen LogP contribution >= 0.6 is 15.9 Å². The van der Waals surface area contributed by atoms with Crippen molar-refractivity contribution in [3.63, 3.8) is 0 Å². The van der Waals surface area contributed by atoms with Crippen LogP contribution in [0.2, 0.25) is 0 Å². The molecule has 3 nitrogen and oxygen atoms in total. The number of nitrogens with two attached hydrogens (primary N) is 1. The second kappa shape index (κ2) is 6.68. The Hall–Kier alpha value is -1.24. The van der Waals surface area contributed by atoms with Crippen molar-refractivity contribution < 1.29 is 17.9 Å². The third-order valence-corrected chi connectivity index (χ3v) is 4.04. The SMILES string of the molecule is NC(=Nc1ccc(OC(F)(F)F)c(Br)c1)C1CCCCC1. The molecule has 1 aliphatic carbocycles. The molecule has 1 aromatic carbocycles. The molecule has 21 heavy (non-hydrogen) atoms. The molecule has 0 radical (unpaired) electrons. The third-order valence-electron chi connectivity index (χ3n) is 3.42. The molecule has 1 saturated carbocycles. The first-order chi connectivity index (χ1) is 9.85. The highest BCUT2D eigenvalue weighted by atomic mass is 79.9. The van der Waals surface area contributed by atoms with E-state index in [9.17, 15) is 13.2 Å². The molecule has 2 N–H and O–H groups in total. The molecule has 0 spiro atoms. The van der Waals surface area contributed by atoms with E-state index in [0.29, 0.717) is 11.5 Å². The van der Waals surface area contributed by atoms with Gasteiger partial charge in [-0.15, -0.1) is 13.2 Å². The monoisotopic (exact) mass is 364 g/mol. The summed E-state index contributed by atoms with van der Waals surface area (Å²) in [6.07, 6.45) is 0.830. The summed E-state index contributed by atoms with van der Waals surface area (Å²) in [5.74, 6) is 0.521. The first-order valence-electron chi connectivity index (χ1n) is 6.74. The quantitative estimate of drug-likeness (QED) is 0.611. The average molecular weight is 365 g/mol. The van der Waals surface area contributed by atoms with Crippen molar-refractivity contribution in [1.82, 2.24) is 0 Å². The minimum Gasteiger partial charge on any atom is -0.405 e. The number of ether oxygens (including phenoxy) is 1. The van der Waals surface area contributed by atoms with E-state index in [1.54, 1.807) is 0 Å². The van der Waals surface area contributed by atoms with Crippen molar-refractivity contribution in [2.24, 2.45) is 16.6 Å². The number of nitrogens with zero attached hydrogens (tertiary/aromatic N) is 1. The van der Waals surface area contributed by atoms with E-state index in [2.05, 4.69) is 25.7 Å². The highest BCUT2D eigenvalue weighted by Gasteiger charge is 2.32. The lowest BCUT2D eigenvalue weighted by Gasteiger charge is -2.20. The molecule has 0 atom stereocenters. The number of rotatable bonds is 3. The van der Waals surface area contributed by atoms with E-state index in [-0.39, 0.29) is 16.1 Å². The van der Waals surface area contributed by atoms with Crippen LogP contribution in [0, 0.1) is 5.92 Å². The van der Waals surface area contributed by atoms with E-state index in [0.717, 1.165) is 25.7 Å². The molecular weight excluding hydrogens is 349 g/mol. The minimum absolute atomic E-state index is 0.192. The minimum atomic E-state index is -4.71. The molecule has 1 fully saturated rings. The molecule has 0 amide bonds. The lowest BCUT2D eigenvalue weighted by atomic mass is 9.88.